The first-order chi connectivity index (χ1) is 19.4. The Labute approximate surface area is 256 Å². The van der Waals surface area contributed by atoms with Gasteiger partial charge in [-0.1, -0.05) is 59.2 Å². The molecule has 4 nitrogen and oxygen atoms in total. The Hall–Kier alpha value is -3.02. The van der Waals surface area contributed by atoms with Gasteiger partial charge in [-0.2, -0.15) is 0 Å². The number of unbranched alkanes of at least 4 members (excludes halogenated alkanes) is 3. The monoisotopic (exact) mass is 610 g/mol. The zero-order chi connectivity index (χ0) is 28.2. The summed E-state index contributed by atoms with van der Waals surface area (Å²) in [5.74, 6) is 1.80. The molecule has 0 aromatic heterocycles. The number of aliphatic imine (C=N–C) groups is 2. The Balaban J connectivity index is 1.33. The molecule has 2 N–H and O–H groups in total. The smallest absolute Gasteiger partial charge is 0.107 e. The summed E-state index contributed by atoms with van der Waals surface area (Å²) in [7, 11) is 0. The summed E-state index contributed by atoms with van der Waals surface area (Å²) in [6, 6.07) is 30.3. The van der Waals surface area contributed by atoms with Crippen molar-refractivity contribution in [2.45, 2.75) is 38.5 Å². The summed E-state index contributed by atoms with van der Waals surface area (Å²) in [5, 5.41) is 9.68. The Morgan fingerprint density at radius 1 is 0.425 bits per heavy atom. The Morgan fingerprint density at radius 2 is 0.725 bits per heavy atom. The standard InChI is InChI=1S/C32H30Cl4N4/c33-23-7-15-27(16-8-23)37-31(38-28-17-9-24(34)10-18-28)5-3-1-2-4-6-32(39-29-19-11-25(35)12-20-29)40-30-21-13-26(36)14-22-30/h7-22H,1-6H2,(H,37,38)(H,39,40). The third kappa shape index (κ3) is 10.5. The largest absolute Gasteiger partial charge is 0.344 e. The minimum Gasteiger partial charge on any atom is -0.344 e. The number of benzene rings is 4. The van der Waals surface area contributed by atoms with Crippen molar-refractivity contribution >= 4 is 80.8 Å². The van der Waals surface area contributed by atoms with Crippen LogP contribution < -0.4 is 10.6 Å². The van der Waals surface area contributed by atoms with Gasteiger partial charge in [0, 0.05) is 44.3 Å². The fourth-order valence-corrected chi connectivity index (χ4v) is 4.48. The molecule has 0 bridgehead atoms. The lowest BCUT2D eigenvalue weighted by Crippen LogP contribution is -2.12. The van der Waals surface area contributed by atoms with Gasteiger partial charge < -0.3 is 10.6 Å². The molecule has 0 aliphatic carbocycles. The molecule has 0 saturated carbocycles. The normalized spacial score (nSPS) is 11.9. The molecule has 8 heteroatoms. The van der Waals surface area contributed by atoms with E-state index in [2.05, 4.69) is 10.6 Å². The van der Waals surface area contributed by atoms with E-state index in [0.29, 0.717) is 20.1 Å². The van der Waals surface area contributed by atoms with Crippen molar-refractivity contribution in [3.05, 3.63) is 117 Å². The van der Waals surface area contributed by atoms with E-state index in [0.717, 1.165) is 72.9 Å². The second kappa shape index (κ2) is 15.7. The van der Waals surface area contributed by atoms with Crippen LogP contribution in [0.2, 0.25) is 20.1 Å². The fourth-order valence-electron chi connectivity index (χ4n) is 3.97. The minimum atomic E-state index is 0.690. The highest BCUT2D eigenvalue weighted by Crippen LogP contribution is 2.22. The molecular weight excluding hydrogens is 582 g/mol. The van der Waals surface area contributed by atoms with Crippen molar-refractivity contribution in [2.24, 2.45) is 9.98 Å². The summed E-state index contributed by atoms with van der Waals surface area (Å²) in [6.07, 6.45) is 5.77. The Kier molecular flexibility index (Phi) is 11.7. The number of hydrogen-bond donors (Lipinski definition) is 2. The zero-order valence-electron chi connectivity index (χ0n) is 21.9. The average molecular weight is 612 g/mol. The van der Waals surface area contributed by atoms with Crippen LogP contribution in [0.25, 0.3) is 0 Å². The topological polar surface area (TPSA) is 48.8 Å². The van der Waals surface area contributed by atoms with Crippen LogP contribution in [0, 0.1) is 0 Å². The van der Waals surface area contributed by atoms with E-state index in [-0.39, 0.29) is 0 Å². The van der Waals surface area contributed by atoms with Gasteiger partial charge in [0.1, 0.15) is 11.7 Å². The first-order valence-electron chi connectivity index (χ1n) is 13.1. The third-order valence-corrected chi connectivity index (χ3v) is 7.03. The molecule has 4 rings (SSSR count). The van der Waals surface area contributed by atoms with E-state index < -0.39 is 0 Å². The highest BCUT2D eigenvalue weighted by Gasteiger charge is 2.06. The predicted molar refractivity (Wildman–Crippen MR) is 175 cm³/mol. The van der Waals surface area contributed by atoms with E-state index in [9.17, 15) is 0 Å². The van der Waals surface area contributed by atoms with E-state index in [1.54, 1.807) is 0 Å². The lowest BCUT2D eigenvalue weighted by molar-refractivity contribution is 0.666. The number of hydrogen-bond acceptors (Lipinski definition) is 2. The molecule has 4 aromatic rings. The maximum Gasteiger partial charge on any atom is 0.107 e. The van der Waals surface area contributed by atoms with Crippen molar-refractivity contribution in [2.75, 3.05) is 10.6 Å². The van der Waals surface area contributed by atoms with Gasteiger partial charge in [-0.3, -0.25) is 0 Å². The van der Waals surface area contributed by atoms with Crippen LogP contribution >= 0.6 is 46.4 Å². The molecule has 0 atom stereocenters. The van der Waals surface area contributed by atoms with Crippen molar-refractivity contribution in [3.8, 4) is 0 Å². The SMILES string of the molecule is Clc1ccc(N=C(CCCCCCC(=Nc2ccc(Cl)cc2)Nc2ccc(Cl)cc2)Nc2ccc(Cl)cc2)cc1. The van der Waals surface area contributed by atoms with Crippen LogP contribution in [0.3, 0.4) is 0 Å². The molecule has 0 fully saturated rings. The fraction of sp³-hybridized carbons (Fsp3) is 0.188. The zero-order valence-corrected chi connectivity index (χ0v) is 24.9. The van der Waals surface area contributed by atoms with Gasteiger partial charge in [-0.25, -0.2) is 9.98 Å². The molecule has 0 radical (unpaired) electrons. The average Bonchev–Trinajstić information content (AvgIpc) is 2.95. The number of nitrogens with one attached hydrogen (secondary N) is 2. The van der Waals surface area contributed by atoms with Crippen LogP contribution in [0.15, 0.2) is 107 Å². The quantitative estimate of drug-likeness (QED) is 0.101. The van der Waals surface area contributed by atoms with Crippen molar-refractivity contribution in [1.82, 2.24) is 0 Å². The van der Waals surface area contributed by atoms with Crippen molar-refractivity contribution in [1.29, 1.82) is 0 Å². The molecule has 0 unspecified atom stereocenters. The van der Waals surface area contributed by atoms with Crippen molar-refractivity contribution in [3.63, 3.8) is 0 Å². The van der Waals surface area contributed by atoms with Gasteiger partial charge in [0.2, 0.25) is 0 Å². The first kappa shape index (κ1) is 30.0. The van der Waals surface area contributed by atoms with Crippen LogP contribution in [0.5, 0.6) is 0 Å². The van der Waals surface area contributed by atoms with Crippen molar-refractivity contribution < 1.29 is 0 Å². The predicted octanol–water partition coefficient (Wildman–Crippen LogP) is 11.6. The van der Waals surface area contributed by atoms with Crippen LogP contribution in [0.4, 0.5) is 22.7 Å². The van der Waals surface area contributed by atoms with Gasteiger partial charge >= 0.3 is 0 Å². The summed E-state index contributed by atoms with van der Waals surface area (Å²) in [4.78, 5) is 9.67. The molecule has 206 valence electrons. The summed E-state index contributed by atoms with van der Waals surface area (Å²) >= 11 is 24.2. The molecular formula is C32H30Cl4N4. The highest BCUT2D eigenvalue weighted by atomic mass is 35.5. The van der Waals surface area contributed by atoms with Crippen LogP contribution in [-0.4, -0.2) is 11.7 Å². The van der Waals surface area contributed by atoms with Gasteiger partial charge in [-0.05, 0) is 110 Å². The lowest BCUT2D eigenvalue weighted by Gasteiger charge is -2.12. The van der Waals surface area contributed by atoms with Gasteiger partial charge in [0.25, 0.3) is 0 Å². The molecule has 0 heterocycles. The van der Waals surface area contributed by atoms with E-state index >= 15 is 0 Å². The molecule has 0 aliphatic heterocycles. The Morgan fingerprint density at radius 3 is 1.05 bits per heavy atom. The first-order valence-corrected chi connectivity index (χ1v) is 14.7. The molecule has 40 heavy (non-hydrogen) atoms. The number of rotatable bonds is 11. The van der Waals surface area contributed by atoms with Crippen LogP contribution in [0.1, 0.15) is 38.5 Å². The third-order valence-electron chi connectivity index (χ3n) is 6.02. The highest BCUT2D eigenvalue weighted by molar-refractivity contribution is 6.31. The molecule has 0 aliphatic rings. The Bertz CT molecular complexity index is 1290. The molecule has 0 saturated heterocycles. The number of halogens is 4. The number of nitrogens with zero attached hydrogens (tertiary/aromatic N) is 2. The molecule has 4 aromatic carbocycles. The maximum atomic E-state index is 6.06. The van der Waals surface area contributed by atoms with Gasteiger partial charge in [-0.15, -0.1) is 0 Å². The second-order valence-corrected chi connectivity index (χ2v) is 11.0. The van der Waals surface area contributed by atoms with E-state index in [1.807, 2.05) is 97.1 Å². The lowest BCUT2D eigenvalue weighted by atomic mass is 10.1. The second-order valence-electron chi connectivity index (χ2n) is 9.25. The van der Waals surface area contributed by atoms with E-state index in [1.165, 1.54) is 0 Å². The molecule has 0 amide bonds. The van der Waals surface area contributed by atoms with Crippen LogP contribution in [-0.2, 0) is 0 Å². The summed E-state index contributed by atoms with van der Waals surface area (Å²) < 4.78 is 0. The van der Waals surface area contributed by atoms with Gasteiger partial charge in [0.15, 0.2) is 0 Å². The number of anilines is 2. The minimum absolute atomic E-state index is 0.690. The molecule has 0 spiro atoms. The maximum absolute atomic E-state index is 6.06. The number of amidine groups is 2. The summed E-state index contributed by atoms with van der Waals surface area (Å²) in [5.41, 5.74) is 3.62. The van der Waals surface area contributed by atoms with E-state index in [4.69, 9.17) is 56.4 Å². The summed E-state index contributed by atoms with van der Waals surface area (Å²) in [6.45, 7) is 0. The van der Waals surface area contributed by atoms with Gasteiger partial charge in [0.05, 0.1) is 11.4 Å².